The maximum atomic E-state index is 11.6. The third-order valence-corrected chi connectivity index (χ3v) is 2.98. The van der Waals surface area contributed by atoms with Crippen LogP contribution in [0, 0.1) is 17.8 Å². The quantitative estimate of drug-likeness (QED) is 0.809. The molecule has 16 heavy (non-hydrogen) atoms. The fourth-order valence-electron chi connectivity index (χ4n) is 1.88. The number of carbonyl (C=O) groups is 1. The Bertz CT molecular complexity index is 391. The van der Waals surface area contributed by atoms with Gasteiger partial charge in [0.15, 0.2) is 0 Å². The van der Waals surface area contributed by atoms with E-state index >= 15 is 0 Å². The number of hydrogen-bond donors (Lipinski definition) is 2. The summed E-state index contributed by atoms with van der Waals surface area (Å²) in [6.45, 7) is 4.12. The van der Waals surface area contributed by atoms with Crippen LogP contribution in [-0.4, -0.2) is 20.9 Å². The number of rotatable bonds is 3. The lowest BCUT2D eigenvalue weighted by atomic mass is 10.1. The van der Waals surface area contributed by atoms with Gasteiger partial charge in [-0.1, -0.05) is 13.8 Å². The van der Waals surface area contributed by atoms with Crippen molar-refractivity contribution >= 4 is 5.97 Å². The molecule has 88 valence electrons. The molecule has 1 fully saturated rings. The second kappa shape index (κ2) is 3.73. The van der Waals surface area contributed by atoms with Crippen molar-refractivity contribution in [3.63, 3.8) is 0 Å². The van der Waals surface area contributed by atoms with E-state index in [-0.39, 0.29) is 17.7 Å². The normalized spacial score (nSPS) is 23.4. The molecule has 1 aliphatic carbocycles. The minimum atomic E-state index is -0.402. The molecule has 1 aromatic heterocycles. The van der Waals surface area contributed by atoms with Gasteiger partial charge in [-0.3, -0.25) is 0 Å². The van der Waals surface area contributed by atoms with E-state index in [0.717, 1.165) is 11.2 Å². The predicted octanol–water partition coefficient (Wildman–Crippen LogP) is 1.15. The van der Waals surface area contributed by atoms with Crippen LogP contribution in [-0.2, 0) is 4.79 Å². The SMILES string of the molecule is CC(C)C1CC1C(=O)On1c(O)ccc1O. The van der Waals surface area contributed by atoms with Gasteiger partial charge in [0.2, 0.25) is 11.8 Å². The van der Waals surface area contributed by atoms with Crippen LogP contribution < -0.4 is 4.84 Å². The largest absolute Gasteiger partial charge is 0.492 e. The van der Waals surface area contributed by atoms with Crippen LogP contribution in [0.15, 0.2) is 12.1 Å². The maximum absolute atomic E-state index is 11.6. The fraction of sp³-hybridized carbons (Fsp3) is 0.545. The molecule has 1 heterocycles. The summed E-state index contributed by atoms with van der Waals surface area (Å²) in [5.41, 5.74) is 0. The van der Waals surface area contributed by atoms with Gasteiger partial charge in [-0.25, -0.2) is 4.79 Å². The highest BCUT2D eigenvalue weighted by molar-refractivity contribution is 5.76. The Morgan fingerprint density at radius 1 is 1.44 bits per heavy atom. The standard InChI is InChI=1S/C11H15NO4/c1-6(2)7-5-8(7)11(15)16-12-9(13)3-4-10(12)14/h3-4,6-8,13-14H,5H2,1-2H3. The van der Waals surface area contributed by atoms with Gasteiger partial charge in [-0.15, -0.1) is 4.73 Å². The number of carbonyl (C=O) groups excluding carboxylic acids is 1. The zero-order valence-electron chi connectivity index (χ0n) is 9.25. The van der Waals surface area contributed by atoms with Crippen molar-refractivity contribution in [1.29, 1.82) is 0 Å². The first-order valence-electron chi connectivity index (χ1n) is 5.32. The summed E-state index contributed by atoms with van der Waals surface area (Å²) in [5.74, 6) is -0.279. The highest BCUT2D eigenvalue weighted by atomic mass is 16.7. The zero-order chi connectivity index (χ0) is 11.9. The van der Waals surface area contributed by atoms with Crippen LogP contribution in [0.4, 0.5) is 0 Å². The molecule has 2 N–H and O–H groups in total. The van der Waals surface area contributed by atoms with Gasteiger partial charge in [0.25, 0.3) is 0 Å². The Morgan fingerprint density at radius 3 is 2.44 bits per heavy atom. The van der Waals surface area contributed by atoms with E-state index in [4.69, 9.17) is 4.84 Å². The van der Waals surface area contributed by atoms with Gasteiger partial charge in [-0.05, 0) is 18.3 Å². The Kier molecular flexibility index (Phi) is 2.53. The molecular weight excluding hydrogens is 210 g/mol. The summed E-state index contributed by atoms with van der Waals surface area (Å²) in [6, 6.07) is 2.52. The van der Waals surface area contributed by atoms with Crippen LogP contribution in [0.2, 0.25) is 0 Å². The second-order valence-corrected chi connectivity index (χ2v) is 4.50. The molecule has 2 unspecified atom stereocenters. The number of hydrogen-bond acceptors (Lipinski definition) is 4. The van der Waals surface area contributed by atoms with Crippen molar-refractivity contribution in [2.75, 3.05) is 0 Å². The van der Waals surface area contributed by atoms with Gasteiger partial charge in [0.1, 0.15) is 0 Å². The topological polar surface area (TPSA) is 71.7 Å². The molecule has 2 rings (SSSR count). The number of aromatic nitrogens is 1. The molecule has 2 atom stereocenters. The summed E-state index contributed by atoms with van der Waals surface area (Å²) in [6.07, 6.45) is 0.819. The van der Waals surface area contributed by atoms with E-state index in [2.05, 4.69) is 13.8 Å². The van der Waals surface area contributed by atoms with Crippen LogP contribution in [0.5, 0.6) is 11.8 Å². The molecular formula is C11H15NO4. The summed E-state index contributed by atoms with van der Waals surface area (Å²) >= 11 is 0. The first kappa shape index (κ1) is 10.9. The fourth-order valence-corrected chi connectivity index (χ4v) is 1.88. The van der Waals surface area contributed by atoms with E-state index in [9.17, 15) is 15.0 Å². The van der Waals surface area contributed by atoms with Gasteiger partial charge >= 0.3 is 5.97 Å². The van der Waals surface area contributed by atoms with Crippen molar-refractivity contribution in [3.8, 4) is 11.8 Å². The van der Waals surface area contributed by atoms with Crippen LogP contribution in [0.3, 0.4) is 0 Å². The smallest absolute Gasteiger partial charge is 0.336 e. The summed E-state index contributed by atoms with van der Waals surface area (Å²) < 4.78 is 0.734. The molecule has 1 aliphatic rings. The van der Waals surface area contributed by atoms with Crippen LogP contribution in [0.1, 0.15) is 20.3 Å². The Hall–Kier alpha value is -1.65. The van der Waals surface area contributed by atoms with Crippen molar-refractivity contribution in [2.45, 2.75) is 20.3 Å². The molecule has 0 bridgehead atoms. The van der Waals surface area contributed by atoms with Gasteiger partial charge in [-0.2, -0.15) is 0 Å². The minimum absolute atomic E-state index is 0.110. The third-order valence-electron chi connectivity index (χ3n) is 2.98. The molecule has 1 saturated carbocycles. The Morgan fingerprint density at radius 2 is 2.00 bits per heavy atom. The van der Waals surface area contributed by atoms with E-state index in [1.807, 2.05) is 0 Å². The lowest BCUT2D eigenvalue weighted by molar-refractivity contribution is -0.147. The average molecular weight is 225 g/mol. The highest BCUT2D eigenvalue weighted by Gasteiger charge is 2.46. The molecule has 0 aromatic carbocycles. The molecule has 0 radical (unpaired) electrons. The summed E-state index contributed by atoms with van der Waals surface area (Å²) in [7, 11) is 0. The second-order valence-electron chi connectivity index (χ2n) is 4.50. The number of nitrogens with zero attached hydrogens (tertiary/aromatic N) is 1. The molecule has 1 aromatic rings. The Balaban J connectivity index is 1.99. The average Bonchev–Trinajstić information content (AvgIpc) is 2.96. The molecule has 0 spiro atoms. The lowest BCUT2D eigenvalue weighted by Crippen LogP contribution is -2.21. The summed E-state index contributed by atoms with van der Waals surface area (Å²) in [5, 5.41) is 18.6. The van der Waals surface area contributed by atoms with Gasteiger partial charge in [0, 0.05) is 12.1 Å². The number of aromatic hydroxyl groups is 2. The zero-order valence-corrected chi connectivity index (χ0v) is 9.25. The van der Waals surface area contributed by atoms with E-state index in [1.165, 1.54) is 12.1 Å². The first-order valence-corrected chi connectivity index (χ1v) is 5.32. The van der Waals surface area contributed by atoms with E-state index in [1.54, 1.807) is 0 Å². The van der Waals surface area contributed by atoms with E-state index < -0.39 is 5.97 Å². The van der Waals surface area contributed by atoms with Gasteiger partial charge in [0.05, 0.1) is 5.92 Å². The molecule has 0 aliphatic heterocycles. The first-order chi connectivity index (χ1) is 7.50. The molecule has 5 nitrogen and oxygen atoms in total. The van der Waals surface area contributed by atoms with Crippen LogP contribution >= 0.6 is 0 Å². The minimum Gasteiger partial charge on any atom is -0.492 e. The molecule has 5 heteroatoms. The van der Waals surface area contributed by atoms with Crippen molar-refractivity contribution < 1.29 is 19.8 Å². The van der Waals surface area contributed by atoms with Gasteiger partial charge < -0.3 is 15.1 Å². The highest BCUT2D eigenvalue weighted by Crippen LogP contribution is 2.44. The predicted molar refractivity (Wildman–Crippen MR) is 55.8 cm³/mol. The summed E-state index contributed by atoms with van der Waals surface area (Å²) in [4.78, 5) is 16.5. The van der Waals surface area contributed by atoms with Crippen molar-refractivity contribution in [2.24, 2.45) is 17.8 Å². The maximum Gasteiger partial charge on any atom is 0.336 e. The third kappa shape index (κ3) is 1.85. The van der Waals surface area contributed by atoms with E-state index in [0.29, 0.717) is 11.8 Å². The molecule has 0 saturated heterocycles. The lowest BCUT2D eigenvalue weighted by Gasteiger charge is -2.07. The Labute approximate surface area is 93.2 Å². The van der Waals surface area contributed by atoms with Crippen molar-refractivity contribution in [3.05, 3.63) is 12.1 Å². The van der Waals surface area contributed by atoms with Crippen molar-refractivity contribution in [1.82, 2.24) is 4.73 Å². The van der Waals surface area contributed by atoms with Crippen LogP contribution in [0.25, 0.3) is 0 Å². The molecule has 0 amide bonds. The monoisotopic (exact) mass is 225 g/mol.